The molecule has 0 aliphatic rings. The van der Waals surface area contributed by atoms with Crippen LogP contribution in [0.25, 0.3) is 0 Å². The number of hydrogen-bond donors (Lipinski definition) is 0. The molecular weight excluding hydrogens is 120 g/mol. The van der Waals surface area contributed by atoms with Gasteiger partial charge in [0.15, 0.2) is 0 Å². The largest absolute Gasteiger partial charge is 0.465 e. The third-order valence-corrected chi connectivity index (χ3v) is 0.595. The number of hydrogen-bond acceptors (Lipinski definition) is 4. The molecule has 0 bridgehead atoms. The number of ether oxygens (including phenoxy) is 1. The monoisotopic (exact) mass is 130 g/mol. The summed E-state index contributed by atoms with van der Waals surface area (Å²) in [6.07, 6.45) is 1.11. The number of esters is 1. The van der Waals surface area contributed by atoms with Crippen molar-refractivity contribution in [3.05, 3.63) is 0 Å². The normalized spacial score (nSPS) is 9.67. The van der Waals surface area contributed by atoms with Crippen molar-refractivity contribution in [2.75, 3.05) is 21.2 Å². The number of hydrazone groups is 1. The van der Waals surface area contributed by atoms with Gasteiger partial charge in [-0.1, -0.05) is 0 Å². The molecule has 4 heteroatoms. The minimum Gasteiger partial charge on any atom is -0.465 e. The van der Waals surface area contributed by atoms with Crippen molar-refractivity contribution >= 4 is 12.2 Å². The molecule has 0 N–H and O–H groups in total. The summed E-state index contributed by atoms with van der Waals surface area (Å²) < 4.78 is 4.29. The average molecular weight is 130 g/mol. The van der Waals surface area contributed by atoms with Gasteiger partial charge in [0.25, 0.3) is 0 Å². The molecule has 0 aliphatic carbocycles. The molecule has 0 spiro atoms. The van der Waals surface area contributed by atoms with Crippen LogP contribution >= 0.6 is 0 Å². The first-order valence-electron chi connectivity index (χ1n) is 2.46. The van der Waals surface area contributed by atoms with Crippen molar-refractivity contribution in [1.82, 2.24) is 5.01 Å². The first kappa shape index (κ1) is 7.94. The van der Waals surface area contributed by atoms with Gasteiger partial charge in [-0.15, -0.1) is 0 Å². The Hall–Kier alpha value is -1.06. The second kappa shape index (κ2) is 3.88. The van der Waals surface area contributed by atoms with E-state index in [4.69, 9.17) is 0 Å². The summed E-state index contributed by atoms with van der Waals surface area (Å²) >= 11 is 0. The first-order valence-corrected chi connectivity index (χ1v) is 2.46. The number of rotatable bonds is 2. The molecule has 9 heavy (non-hydrogen) atoms. The fourth-order valence-corrected chi connectivity index (χ4v) is 0.215. The SMILES string of the molecule is COC(=O)C=NN(C)C. The molecule has 0 aliphatic heterocycles. The Kier molecular flexibility index (Phi) is 3.43. The van der Waals surface area contributed by atoms with Crippen LogP contribution in [0, 0.1) is 0 Å². The van der Waals surface area contributed by atoms with E-state index in [1.807, 2.05) is 0 Å². The Bertz CT molecular complexity index is 120. The van der Waals surface area contributed by atoms with Crippen LogP contribution in [0.2, 0.25) is 0 Å². The minimum absolute atomic E-state index is 0.441. The Morgan fingerprint density at radius 3 is 2.56 bits per heavy atom. The molecule has 0 atom stereocenters. The predicted octanol–water partition coefficient (Wildman–Crippen LogP) is -0.293. The highest BCUT2D eigenvalue weighted by molar-refractivity contribution is 6.22. The summed E-state index contributed by atoms with van der Waals surface area (Å²) in [5, 5.41) is 5.14. The summed E-state index contributed by atoms with van der Waals surface area (Å²) in [7, 11) is 4.75. The Morgan fingerprint density at radius 1 is 1.67 bits per heavy atom. The Balaban J connectivity index is 3.57. The van der Waals surface area contributed by atoms with Crippen molar-refractivity contribution < 1.29 is 9.53 Å². The van der Waals surface area contributed by atoms with E-state index in [1.165, 1.54) is 12.1 Å². The van der Waals surface area contributed by atoms with Crippen LogP contribution in [0.15, 0.2) is 5.10 Å². The zero-order valence-electron chi connectivity index (χ0n) is 5.79. The maximum Gasteiger partial charge on any atom is 0.350 e. The van der Waals surface area contributed by atoms with Gasteiger partial charge in [-0.3, -0.25) is 0 Å². The fraction of sp³-hybridized carbons (Fsp3) is 0.600. The number of methoxy groups -OCH3 is 1. The van der Waals surface area contributed by atoms with E-state index in [9.17, 15) is 4.79 Å². The zero-order chi connectivity index (χ0) is 7.28. The minimum atomic E-state index is -0.441. The highest BCUT2D eigenvalue weighted by atomic mass is 16.5. The Labute approximate surface area is 54.1 Å². The molecule has 0 radical (unpaired) electrons. The predicted molar refractivity (Wildman–Crippen MR) is 34.2 cm³/mol. The van der Waals surface area contributed by atoms with Crippen LogP contribution in [0.5, 0.6) is 0 Å². The van der Waals surface area contributed by atoms with Gasteiger partial charge in [0.05, 0.1) is 7.11 Å². The maximum atomic E-state index is 10.3. The van der Waals surface area contributed by atoms with Crippen LogP contribution in [0.1, 0.15) is 0 Å². The van der Waals surface area contributed by atoms with Crippen molar-refractivity contribution in [1.29, 1.82) is 0 Å². The average Bonchev–Trinajstić information content (AvgIpc) is 1.83. The van der Waals surface area contributed by atoms with E-state index in [-0.39, 0.29) is 0 Å². The third-order valence-electron chi connectivity index (χ3n) is 0.595. The summed E-state index contributed by atoms with van der Waals surface area (Å²) in [4.78, 5) is 10.3. The molecule has 0 saturated carbocycles. The van der Waals surface area contributed by atoms with E-state index in [2.05, 4.69) is 9.84 Å². The molecule has 0 aromatic rings. The quantitative estimate of drug-likeness (QED) is 0.293. The van der Waals surface area contributed by atoms with E-state index >= 15 is 0 Å². The lowest BCUT2D eigenvalue weighted by molar-refractivity contribution is -0.132. The number of nitrogens with zero attached hydrogens (tertiary/aromatic N) is 2. The molecule has 0 heterocycles. The molecule has 0 saturated heterocycles. The summed E-state index contributed by atoms with van der Waals surface area (Å²) in [5.74, 6) is -0.441. The molecule has 0 aromatic heterocycles. The van der Waals surface area contributed by atoms with Crippen molar-refractivity contribution in [3.8, 4) is 0 Å². The molecule has 0 rings (SSSR count). The van der Waals surface area contributed by atoms with E-state index in [0.29, 0.717) is 0 Å². The molecule has 0 fully saturated rings. The molecule has 52 valence electrons. The van der Waals surface area contributed by atoms with Crippen LogP contribution < -0.4 is 0 Å². The second-order valence-electron chi connectivity index (χ2n) is 1.61. The highest BCUT2D eigenvalue weighted by Crippen LogP contribution is 1.72. The van der Waals surface area contributed by atoms with Crippen molar-refractivity contribution in [2.45, 2.75) is 0 Å². The molecule has 0 aromatic carbocycles. The van der Waals surface area contributed by atoms with Crippen molar-refractivity contribution in [2.24, 2.45) is 5.10 Å². The van der Waals surface area contributed by atoms with Gasteiger partial charge in [-0.2, -0.15) is 5.10 Å². The third kappa shape index (κ3) is 4.80. The summed E-state index contributed by atoms with van der Waals surface area (Å²) in [6, 6.07) is 0. The highest BCUT2D eigenvalue weighted by Gasteiger charge is 1.89. The smallest absolute Gasteiger partial charge is 0.350 e. The topological polar surface area (TPSA) is 41.9 Å². The van der Waals surface area contributed by atoms with E-state index in [1.54, 1.807) is 14.1 Å². The van der Waals surface area contributed by atoms with Crippen molar-refractivity contribution in [3.63, 3.8) is 0 Å². The van der Waals surface area contributed by atoms with Crippen LogP contribution in [0.3, 0.4) is 0 Å². The van der Waals surface area contributed by atoms with Gasteiger partial charge in [0.1, 0.15) is 6.21 Å². The molecule has 0 unspecified atom stereocenters. The second-order valence-corrected chi connectivity index (χ2v) is 1.61. The van der Waals surface area contributed by atoms with Gasteiger partial charge >= 0.3 is 5.97 Å². The lowest BCUT2D eigenvalue weighted by Crippen LogP contribution is -2.07. The van der Waals surface area contributed by atoms with Crippen LogP contribution in [-0.4, -0.2) is 38.4 Å². The summed E-state index contributed by atoms with van der Waals surface area (Å²) in [5.41, 5.74) is 0. The number of carbonyl (C=O) groups is 1. The zero-order valence-corrected chi connectivity index (χ0v) is 5.79. The summed E-state index contributed by atoms with van der Waals surface area (Å²) in [6.45, 7) is 0. The lowest BCUT2D eigenvalue weighted by Gasteiger charge is -2.00. The van der Waals surface area contributed by atoms with Crippen LogP contribution in [-0.2, 0) is 9.53 Å². The molecule has 0 amide bonds. The van der Waals surface area contributed by atoms with Gasteiger partial charge in [0.2, 0.25) is 0 Å². The van der Waals surface area contributed by atoms with Gasteiger partial charge < -0.3 is 9.75 Å². The lowest BCUT2D eigenvalue weighted by atomic mass is 10.8. The van der Waals surface area contributed by atoms with E-state index < -0.39 is 5.97 Å². The molecular formula is C5H10N2O2. The van der Waals surface area contributed by atoms with Gasteiger partial charge in [-0.05, 0) is 0 Å². The fourth-order valence-electron chi connectivity index (χ4n) is 0.215. The van der Waals surface area contributed by atoms with Crippen LogP contribution in [0.4, 0.5) is 0 Å². The first-order chi connectivity index (χ1) is 4.16. The standard InChI is InChI=1S/C5H10N2O2/c1-7(2)6-4-5(8)9-3/h4H,1-3H3. The molecule has 4 nitrogen and oxygen atoms in total. The van der Waals surface area contributed by atoms with Gasteiger partial charge in [-0.25, -0.2) is 4.79 Å². The van der Waals surface area contributed by atoms with Gasteiger partial charge in [0, 0.05) is 14.1 Å². The number of carbonyl (C=O) groups excluding carboxylic acids is 1. The Morgan fingerprint density at radius 2 is 2.22 bits per heavy atom. The van der Waals surface area contributed by atoms with E-state index in [0.717, 1.165) is 6.21 Å². The maximum absolute atomic E-state index is 10.3.